The highest BCUT2D eigenvalue weighted by molar-refractivity contribution is 6.03. The molecule has 1 fully saturated rings. The van der Waals surface area contributed by atoms with Gasteiger partial charge >= 0.3 is 12.2 Å². The molecule has 35 heavy (non-hydrogen) atoms. The molecule has 0 radical (unpaired) electrons. The van der Waals surface area contributed by atoms with E-state index < -0.39 is 36.1 Å². The fourth-order valence-corrected chi connectivity index (χ4v) is 4.74. The second-order valence-electron chi connectivity index (χ2n) is 8.82. The minimum atomic E-state index is -4.65. The first-order chi connectivity index (χ1) is 16.5. The first-order valence-corrected chi connectivity index (χ1v) is 10.9. The Balaban J connectivity index is 1.36. The summed E-state index contributed by atoms with van der Waals surface area (Å²) in [7, 11) is 0. The highest BCUT2D eigenvalue weighted by Crippen LogP contribution is 2.37. The Morgan fingerprint density at radius 1 is 1.17 bits per heavy atom. The van der Waals surface area contributed by atoms with Crippen molar-refractivity contribution in [2.75, 3.05) is 18.1 Å². The molecule has 0 saturated carbocycles. The normalized spacial score (nSPS) is 23.2. The van der Waals surface area contributed by atoms with Crippen molar-refractivity contribution in [1.29, 1.82) is 0 Å². The van der Waals surface area contributed by atoms with Crippen LogP contribution < -0.4 is 25.6 Å². The van der Waals surface area contributed by atoms with Gasteiger partial charge in [0, 0.05) is 24.1 Å². The minimum absolute atomic E-state index is 0.0122. The van der Waals surface area contributed by atoms with Gasteiger partial charge in [-0.2, -0.15) is 13.2 Å². The molecule has 182 valence electrons. The molecular formula is C24H21F3N4O4. The van der Waals surface area contributed by atoms with Crippen molar-refractivity contribution in [3.8, 4) is 5.75 Å². The van der Waals surface area contributed by atoms with Crippen molar-refractivity contribution in [2.24, 2.45) is 0 Å². The summed E-state index contributed by atoms with van der Waals surface area (Å²) in [5.41, 5.74) is 1.88. The van der Waals surface area contributed by atoms with E-state index in [4.69, 9.17) is 4.74 Å². The lowest BCUT2D eigenvalue weighted by Crippen LogP contribution is -2.52. The van der Waals surface area contributed by atoms with Gasteiger partial charge in [0.2, 0.25) is 0 Å². The van der Waals surface area contributed by atoms with Gasteiger partial charge in [-0.1, -0.05) is 24.8 Å². The number of para-hydroxylation sites is 2. The van der Waals surface area contributed by atoms with E-state index >= 15 is 0 Å². The molecule has 1 spiro atoms. The maximum atomic E-state index is 13.2. The molecule has 0 aromatic heterocycles. The van der Waals surface area contributed by atoms with Gasteiger partial charge in [0.1, 0.15) is 24.9 Å². The molecule has 4 amide bonds. The maximum absolute atomic E-state index is 13.2. The van der Waals surface area contributed by atoms with Gasteiger partial charge < -0.3 is 20.7 Å². The average molecular weight is 486 g/mol. The van der Waals surface area contributed by atoms with Crippen molar-refractivity contribution in [1.82, 2.24) is 16.0 Å². The van der Waals surface area contributed by atoms with E-state index in [9.17, 15) is 27.6 Å². The fourth-order valence-electron chi connectivity index (χ4n) is 4.74. The van der Waals surface area contributed by atoms with Crippen LogP contribution in [0.2, 0.25) is 0 Å². The number of anilines is 1. The maximum Gasteiger partial charge on any atom is 0.406 e. The minimum Gasteiger partial charge on any atom is -0.489 e. The zero-order valence-corrected chi connectivity index (χ0v) is 18.4. The molecule has 2 atom stereocenters. The number of nitrogens with zero attached hydrogens (tertiary/aromatic N) is 1. The molecule has 2 heterocycles. The van der Waals surface area contributed by atoms with E-state index in [-0.39, 0.29) is 29.6 Å². The number of alkyl halides is 3. The molecule has 11 heteroatoms. The number of carbonyl (C=O) groups excluding carboxylic acids is 3. The number of benzene rings is 2. The smallest absolute Gasteiger partial charge is 0.406 e. The number of urea groups is 1. The standard InChI is InChI=1S/C24H21F3N4O4/c1-13-23(30-22(34)28-13)9-15-7-6-14(8-16(15)10-23)20(32)29-17-11-35-19-5-3-2-4-18(19)31(21(17)33)12-24(25,26)27/h2-8,17H,1,9-12H2,(H,29,32)(H2,28,30,34)/t17-,23?/m1/s1. The topological polar surface area (TPSA) is 99.8 Å². The molecule has 2 aliphatic heterocycles. The van der Waals surface area contributed by atoms with Crippen molar-refractivity contribution in [3.63, 3.8) is 0 Å². The summed E-state index contributed by atoms with van der Waals surface area (Å²) in [6, 6.07) is 9.25. The van der Waals surface area contributed by atoms with Gasteiger partial charge in [-0.05, 0) is 35.4 Å². The highest BCUT2D eigenvalue weighted by Gasteiger charge is 2.46. The van der Waals surface area contributed by atoms with Gasteiger partial charge in [-0.3, -0.25) is 14.5 Å². The highest BCUT2D eigenvalue weighted by atomic mass is 19.4. The molecular weight excluding hydrogens is 465 g/mol. The zero-order chi connectivity index (χ0) is 25.0. The Morgan fingerprint density at radius 2 is 1.91 bits per heavy atom. The molecule has 5 rings (SSSR count). The SMILES string of the molecule is C=C1NC(=O)NC12Cc1ccc(C(=O)N[C@@H]3COc4ccccc4N(CC(F)(F)F)C3=O)cc1C2. The van der Waals surface area contributed by atoms with E-state index in [1.807, 2.05) is 0 Å². The Labute approximate surface area is 198 Å². The van der Waals surface area contributed by atoms with Crippen LogP contribution >= 0.6 is 0 Å². The quantitative estimate of drug-likeness (QED) is 0.621. The summed E-state index contributed by atoms with van der Waals surface area (Å²) in [6.07, 6.45) is -3.70. The Hall–Kier alpha value is -4.02. The monoisotopic (exact) mass is 486 g/mol. The fraction of sp³-hybridized carbons (Fsp3) is 0.292. The lowest BCUT2D eigenvalue weighted by atomic mass is 9.94. The summed E-state index contributed by atoms with van der Waals surface area (Å²) in [6.45, 7) is 2.09. The summed E-state index contributed by atoms with van der Waals surface area (Å²) < 4.78 is 45.3. The zero-order valence-electron chi connectivity index (χ0n) is 18.4. The number of carbonyl (C=O) groups is 3. The van der Waals surface area contributed by atoms with Crippen LogP contribution in [0.25, 0.3) is 0 Å². The first kappa shape index (κ1) is 22.8. The lowest BCUT2D eigenvalue weighted by Gasteiger charge is -2.25. The second-order valence-corrected chi connectivity index (χ2v) is 8.82. The van der Waals surface area contributed by atoms with Gasteiger partial charge in [-0.25, -0.2) is 4.79 Å². The number of halogens is 3. The predicted octanol–water partition coefficient (Wildman–Crippen LogP) is 2.44. The van der Waals surface area contributed by atoms with E-state index in [0.29, 0.717) is 23.4 Å². The lowest BCUT2D eigenvalue weighted by molar-refractivity contribution is -0.133. The first-order valence-electron chi connectivity index (χ1n) is 10.9. The molecule has 3 N–H and O–H groups in total. The molecule has 1 aliphatic carbocycles. The van der Waals surface area contributed by atoms with Gasteiger partial charge in [0.05, 0.1) is 11.2 Å². The number of fused-ring (bicyclic) bond motifs is 2. The summed E-state index contributed by atoms with van der Waals surface area (Å²) >= 11 is 0. The molecule has 2 aromatic carbocycles. The van der Waals surface area contributed by atoms with E-state index in [0.717, 1.165) is 11.1 Å². The molecule has 1 unspecified atom stereocenters. The number of nitrogens with one attached hydrogen (secondary N) is 3. The summed E-state index contributed by atoms with van der Waals surface area (Å²) in [5, 5.41) is 8.05. The molecule has 8 nitrogen and oxygen atoms in total. The summed E-state index contributed by atoms with van der Waals surface area (Å²) in [5.74, 6) is -1.42. The van der Waals surface area contributed by atoms with Crippen molar-refractivity contribution >= 4 is 23.5 Å². The third-order valence-electron chi connectivity index (χ3n) is 6.42. The van der Waals surface area contributed by atoms with Crippen LogP contribution in [-0.2, 0) is 17.6 Å². The van der Waals surface area contributed by atoms with Crippen molar-refractivity contribution in [3.05, 3.63) is 71.4 Å². The molecule has 3 aliphatic rings. The van der Waals surface area contributed by atoms with Crippen LogP contribution in [0, 0.1) is 0 Å². The van der Waals surface area contributed by atoms with Crippen LogP contribution in [0.15, 0.2) is 54.7 Å². The Kier molecular flexibility index (Phi) is 5.22. The van der Waals surface area contributed by atoms with Crippen LogP contribution in [0.4, 0.5) is 23.7 Å². The Morgan fingerprint density at radius 3 is 2.63 bits per heavy atom. The van der Waals surface area contributed by atoms with Gasteiger partial charge in [0.15, 0.2) is 0 Å². The summed E-state index contributed by atoms with van der Waals surface area (Å²) in [4.78, 5) is 38.4. The third kappa shape index (κ3) is 4.17. The molecule has 1 saturated heterocycles. The number of hydrogen-bond acceptors (Lipinski definition) is 4. The second kappa shape index (κ2) is 8.03. The van der Waals surface area contributed by atoms with Crippen molar-refractivity contribution in [2.45, 2.75) is 30.6 Å². The molecule has 2 aromatic rings. The largest absolute Gasteiger partial charge is 0.489 e. The average Bonchev–Trinajstić information content (AvgIpc) is 3.26. The number of ether oxygens (including phenoxy) is 1. The number of rotatable bonds is 3. The van der Waals surface area contributed by atoms with Gasteiger partial charge in [0.25, 0.3) is 11.8 Å². The van der Waals surface area contributed by atoms with Crippen LogP contribution in [0.5, 0.6) is 5.75 Å². The predicted molar refractivity (Wildman–Crippen MR) is 119 cm³/mol. The third-order valence-corrected chi connectivity index (χ3v) is 6.42. The van der Waals surface area contributed by atoms with E-state index in [1.165, 1.54) is 18.2 Å². The van der Waals surface area contributed by atoms with Crippen molar-refractivity contribution < 1.29 is 32.3 Å². The van der Waals surface area contributed by atoms with E-state index in [1.54, 1.807) is 24.3 Å². The van der Waals surface area contributed by atoms with Crippen LogP contribution in [0.3, 0.4) is 0 Å². The van der Waals surface area contributed by atoms with Crippen LogP contribution in [-0.4, -0.2) is 48.8 Å². The van der Waals surface area contributed by atoms with Gasteiger partial charge in [-0.15, -0.1) is 0 Å². The number of amides is 4. The Bertz CT molecular complexity index is 1260. The van der Waals surface area contributed by atoms with E-state index in [2.05, 4.69) is 22.5 Å². The van der Waals surface area contributed by atoms with Crippen LogP contribution in [0.1, 0.15) is 21.5 Å². The molecule has 0 bridgehead atoms. The number of hydrogen-bond donors (Lipinski definition) is 3.